The lowest BCUT2D eigenvalue weighted by Gasteiger charge is -2.33. The van der Waals surface area contributed by atoms with E-state index >= 15 is 0 Å². The third-order valence-electron chi connectivity index (χ3n) is 8.65. The summed E-state index contributed by atoms with van der Waals surface area (Å²) in [5.41, 5.74) is 7.63. The van der Waals surface area contributed by atoms with Gasteiger partial charge in [-0.1, -0.05) is 36.9 Å². The van der Waals surface area contributed by atoms with E-state index in [1.54, 1.807) is 23.0 Å². The number of para-hydroxylation sites is 1. The summed E-state index contributed by atoms with van der Waals surface area (Å²) in [5.74, 6) is 0.835. The van der Waals surface area contributed by atoms with E-state index in [0.717, 1.165) is 83.7 Å². The Balaban J connectivity index is 1.40. The average molecular weight is 751 g/mol. The van der Waals surface area contributed by atoms with Crippen LogP contribution in [0.4, 0.5) is 17.1 Å². The summed E-state index contributed by atoms with van der Waals surface area (Å²) in [6, 6.07) is 28.5. The Morgan fingerprint density at radius 1 is 0.957 bits per heavy atom. The molecule has 10 heteroatoms. The normalized spacial score (nSPS) is 14.5. The number of nitrogens with zero attached hydrogens (tertiary/aromatic N) is 3. The molecule has 4 aliphatic rings. The zero-order chi connectivity index (χ0) is 31.5. The molecule has 0 amide bonds. The number of hydrogen-bond acceptors (Lipinski definition) is 8. The molecule has 0 radical (unpaired) electrons. The number of benzene rings is 4. The third kappa shape index (κ3) is 6.26. The fourth-order valence-electron chi connectivity index (χ4n) is 6.52. The van der Waals surface area contributed by atoms with Crippen LogP contribution in [0.25, 0.3) is 33.4 Å². The van der Waals surface area contributed by atoms with Crippen molar-refractivity contribution < 1.29 is 22.4 Å². The molecule has 1 aliphatic carbocycles. The molecule has 3 aliphatic heterocycles. The molecule has 0 unspecified atom stereocenters. The van der Waals surface area contributed by atoms with Crippen LogP contribution in [-0.2, 0) is 12.8 Å². The van der Waals surface area contributed by atoms with Gasteiger partial charge < -0.3 is 24.1 Å². The van der Waals surface area contributed by atoms with Gasteiger partial charge in [-0.15, -0.1) is 0 Å². The van der Waals surface area contributed by atoms with Gasteiger partial charge in [0, 0.05) is 63.8 Å². The Kier molecular flexibility index (Phi) is 9.80. The standard InChI is InChI=1S/C36H37IN3O5S/c1-2-13-40-30-5-3-4-6-34(30)46-35-22-25(7-12-31(35)40)36-28-10-8-26(38(14-18-41)17-21-43-45-37)23-32(28)44-33-24-27(9-11-29(33)36)39-15-19-42-20-16-39/h3-12,22-24,41H,2,13-21H2,1H3/q+1. The highest BCUT2D eigenvalue weighted by Gasteiger charge is 2.25. The summed E-state index contributed by atoms with van der Waals surface area (Å²) in [6.07, 6.45) is 1.06. The fourth-order valence-corrected chi connectivity index (χ4v) is 7.83. The summed E-state index contributed by atoms with van der Waals surface area (Å²) in [4.78, 5) is 12.2. The van der Waals surface area contributed by atoms with Crippen LogP contribution in [-0.4, -0.2) is 64.3 Å². The number of fused-ring (bicyclic) bond motifs is 4. The van der Waals surface area contributed by atoms with E-state index in [1.165, 1.54) is 21.2 Å². The van der Waals surface area contributed by atoms with Gasteiger partial charge in [-0.2, -0.15) is 3.22 Å². The van der Waals surface area contributed by atoms with Gasteiger partial charge in [0.15, 0.2) is 36.1 Å². The van der Waals surface area contributed by atoms with E-state index in [4.69, 9.17) is 17.3 Å². The molecule has 238 valence electrons. The summed E-state index contributed by atoms with van der Waals surface area (Å²) in [6.45, 7) is 7.77. The van der Waals surface area contributed by atoms with Crippen LogP contribution < -0.4 is 19.7 Å². The van der Waals surface area contributed by atoms with Gasteiger partial charge in [-0.25, -0.2) is 9.46 Å². The van der Waals surface area contributed by atoms with E-state index in [-0.39, 0.29) is 6.61 Å². The minimum absolute atomic E-state index is 0.0249. The minimum atomic E-state index is 0.0249. The highest BCUT2D eigenvalue weighted by atomic mass is 127. The highest BCUT2D eigenvalue weighted by Crippen LogP contribution is 2.50. The number of anilines is 3. The second kappa shape index (κ2) is 14.3. The summed E-state index contributed by atoms with van der Waals surface area (Å²) in [7, 11) is 0. The maximum atomic E-state index is 9.81. The van der Waals surface area contributed by atoms with Crippen LogP contribution in [0.1, 0.15) is 13.3 Å². The molecular weight excluding hydrogens is 713 g/mol. The van der Waals surface area contributed by atoms with Gasteiger partial charge >= 0.3 is 0 Å². The zero-order valence-electron chi connectivity index (χ0n) is 25.8. The molecule has 1 N–H and O–H groups in total. The molecule has 3 heterocycles. The first-order valence-electron chi connectivity index (χ1n) is 15.8. The summed E-state index contributed by atoms with van der Waals surface area (Å²) in [5, 5.41) is 12.0. The number of halogens is 1. The number of hydrogen-bond donors (Lipinski definition) is 1. The topological polar surface area (TPSA) is 70.6 Å². The molecule has 0 saturated carbocycles. The van der Waals surface area contributed by atoms with Crippen molar-refractivity contribution in [2.24, 2.45) is 0 Å². The van der Waals surface area contributed by atoms with Crippen LogP contribution in [0.15, 0.2) is 93.1 Å². The predicted octanol–water partition coefficient (Wildman–Crippen LogP) is 7.12. The maximum absolute atomic E-state index is 9.81. The van der Waals surface area contributed by atoms with Crippen molar-refractivity contribution in [3.05, 3.63) is 84.2 Å². The summed E-state index contributed by atoms with van der Waals surface area (Å²) < 4.78 is 19.5. The fraction of sp³-hybridized carbons (Fsp3) is 0.306. The van der Waals surface area contributed by atoms with Gasteiger partial charge in [0.2, 0.25) is 5.36 Å². The molecule has 0 aromatic heterocycles. The van der Waals surface area contributed by atoms with Crippen molar-refractivity contribution in [3.63, 3.8) is 0 Å². The molecule has 1 fully saturated rings. The minimum Gasteiger partial charge on any atom is -0.456 e. The van der Waals surface area contributed by atoms with Gasteiger partial charge in [0.05, 0.1) is 24.0 Å². The number of rotatable bonds is 10. The maximum Gasteiger partial charge on any atom is 0.203 e. The number of aliphatic hydroxyl groups is 1. The molecule has 8 nitrogen and oxygen atoms in total. The first kappa shape index (κ1) is 31.5. The lowest BCUT2D eigenvalue weighted by atomic mass is 9.93. The van der Waals surface area contributed by atoms with Crippen molar-refractivity contribution in [2.75, 3.05) is 69.0 Å². The van der Waals surface area contributed by atoms with E-state index in [2.05, 4.69) is 100 Å². The molecule has 46 heavy (non-hydrogen) atoms. The average Bonchev–Trinajstić information content (AvgIpc) is 3.10. The van der Waals surface area contributed by atoms with Gasteiger partial charge in [-0.3, -0.25) is 0 Å². The molecule has 3 aromatic rings. The number of morpholine rings is 1. The van der Waals surface area contributed by atoms with Crippen LogP contribution in [0.5, 0.6) is 0 Å². The molecule has 1 saturated heterocycles. The second-order valence-corrected chi connectivity index (χ2v) is 12.9. The Bertz CT molecular complexity index is 1890. The quantitative estimate of drug-likeness (QED) is 0.0405. The third-order valence-corrected chi connectivity index (χ3v) is 10.0. The van der Waals surface area contributed by atoms with Crippen LogP contribution in [0, 0.1) is 0 Å². The zero-order valence-corrected chi connectivity index (χ0v) is 28.8. The van der Waals surface area contributed by atoms with E-state index in [1.807, 2.05) is 11.8 Å². The van der Waals surface area contributed by atoms with Gasteiger partial charge in [0.25, 0.3) is 0 Å². The molecule has 0 spiro atoms. The SMILES string of the molecule is CCCN1c2ccccc2Sc2cc(-c3c4ccc(=[N+]5CCOCC5)cc-4oc4cc(N(CCO)CCOOI)ccc34)ccc21. The van der Waals surface area contributed by atoms with Crippen LogP contribution in [0.2, 0.25) is 0 Å². The van der Waals surface area contributed by atoms with E-state index in [0.29, 0.717) is 19.7 Å². The lowest BCUT2D eigenvalue weighted by Crippen LogP contribution is -2.39. The molecule has 3 aromatic carbocycles. The van der Waals surface area contributed by atoms with Gasteiger partial charge in [0.1, 0.15) is 31.2 Å². The Hall–Kier alpha value is -3.13. The second-order valence-electron chi connectivity index (χ2n) is 11.4. The lowest BCUT2D eigenvalue weighted by molar-refractivity contribution is -0.162. The van der Waals surface area contributed by atoms with E-state index in [9.17, 15) is 5.11 Å². The first-order chi connectivity index (χ1) is 22.7. The highest BCUT2D eigenvalue weighted by molar-refractivity contribution is 14.1. The Morgan fingerprint density at radius 3 is 2.63 bits per heavy atom. The Morgan fingerprint density at radius 2 is 1.80 bits per heavy atom. The Labute approximate surface area is 287 Å². The molecule has 0 bridgehead atoms. The van der Waals surface area contributed by atoms with Gasteiger partial charge in [-0.05, 0) is 54.4 Å². The largest absolute Gasteiger partial charge is 0.456 e. The number of aliphatic hydroxyl groups excluding tert-OH is 1. The molecule has 7 rings (SSSR count). The van der Waals surface area contributed by atoms with Crippen molar-refractivity contribution in [2.45, 2.75) is 23.1 Å². The number of ether oxygens (including phenoxy) is 1. The predicted molar refractivity (Wildman–Crippen MR) is 192 cm³/mol. The van der Waals surface area contributed by atoms with Crippen LogP contribution >= 0.6 is 34.8 Å². The van der Waals surface area contributed by atoms with Crippen molar-refractivity contribution in [1.82, 2.24) is 4.58 Å². The van der Waals surface area contributed by atoms with Crippen molar-refractivity contribution in [3.8, 4) is 22.5 Å². The van der Waals surface area contributed by atoms with Crippen molar-refractivity contribution >= 4 is 62.8 Å². The molecular formula is C36H37IN3O5S+. The van der Waals surface area contributed by atoms with Crippen molar-refractivity contribution in [1.29, 1.82) is 0 Å². The van der Waals surface area contributed by atoms with E-state index < -0.39 is 0 Å². The summed E-state index contributed by atoms with van der Waals surface area (Å²) >= 11 is 3.55. The molecule has 0 atom stereocenters. The first-order valence-corrected chi connectivity index (χ1v) is 17.5. The smallest absolute Gasteiger partial charge is 0.203 e. The van der Waals surface area contributed by atoms with Crippen LogP contribution in [0.3, 0.4) is 0 Å². The monoisotopic (exact) mass is 750 g/mol.